The van der Waals surface area contributed by atoms with Crippen molar-refractivity contribution in [3.05, 3.63) is 44.9 Å². The predicted octanol–water partition coefficient (Wildman–Crippen LogP) is 5.01. The van der Waals surface area contributed by atoms with Crippen LogP contribution in [0.15, 0.2) is 29.0 Å². The van der Waals surface area contributed by atoms with E-state index in [0.717, 1.165) is 32.2 Å². The van der Waals surface area contributed by atoms with Gasteiger partial charge >= 0.3 is 0 Å². The second-order valence-corrected chi connectivity index (χ2v) is 6.14. The van der Waals surface area contributed by atoms with Crippen LogP contribution in [0.1, 0.15) is 5.56 Å². The molecule has 0 amide bonds. The minimum absolute atomic E-state index is 0.404. The highest BCUT2D eigenvalue weighted by Gasteiger charge is 2.21. The first-order valence-electron chi connectivity index (χ1n) is 5.91. The molecule has 0 N–H and O–H groups in total. The quantitative estimate of drug-likeness (QED) is 0.563. The molecule has 1 aromatic carbocycles. The van der Waals surface area contributed by atoms with Crippen LogP contribution < -0.4 is 0 Å². The van der Waals surface area contributed by atoms with Crippen LogP contribution in [-0.2, 0) is 7.05 Å². The van der Waals surface area contributed by atoms with E-state index in [0.29, 0.717) is 10.3 Å². The van der Waals surface area contributed by atoms with E-state index in [2.05, 4.69) is 32.0 Å². The van der Waals surface area contributed by atoms with Crippen molar-refractivity contribution in [2.45, 2.75) is 6.92 Å². The zero-order chi connectivity index (χ0) is 14.4. The Kier molecular flexibility index (Phi) is 3.48. The lowest BCUT2D eigenvalue weighted by Gasteiger charge is -2.06. The van der Waals surface area contributed by atoms with Gasteiger partial charge in [0.1, 0.15) is 22.3 Å². The van der Waals surface area contributed by atoms with E-state index in [9.17, 15) is 0 Å². The molecule has 0 atom stereocenters. The summed E-state index contributed by atoms with van der Waals surface area (Å²) in [5.41, 5.74) is 3.70. The van der Waals surface area contributed by atoms with Crippen molar-refractivity contribution >= 4 is 50.2 Å². The first kappa shape index (κ1) is 13.9. The Bertz CT molecular complexity index is 827. The average Bonchev–Trinajstić information content (AvgIpc) is 2.67. The van der Waals surface area contributed by atoms with Crippen LogP contribution in [0.4, 0.5) is 0 Å². The number of benzene rings is 1. The lowest BCUT2D eigenvalue weighted by Crippen LogP contribution is -1.89. The second-order valence-electron chi connectivity index (χ2n) is 4.57. The normalized spacial score (nSPS) is 11.2. The molecule has 0 saturated carbocycles. The molecule has 0 bridgehead atoms. The van der Waals surface area contributed by atoms with E-state index >= 15 is 0 Å². The molecule has 0 fully saturated rings. The van der Waals surface area contributed by atoms with Gasteiger partial charge in [-0.15, -0.1) is 0 Å². The molecule has 2 heterocycles. The van der Waals surface area contributed by atoms with Gasteiger partial charge in [-0.1, -0.05) is 56.8 Å². The van der Waals surface area contributed by atoms with Crippen LogP contribution in [0.25, 0.3) is 22.2 Å². The van der Waals surface area contributed by atoms with Crippen LogP contribution in [0.3, 0.4) is 0 Å². The summed E-state index contributed by atoms with van der Waals surface area (Å²) < 4.78 is 2.77. The topological polar surface area (TPSA) is 30.7 Å². The molecule has 3 aromatic rings. The van der Waals surface area contributed by atoms with E-state index in [1.807, 2.05) is 30.7 Å². The zero-order valence-corrected chi connectivity index (χ0v) is 13.9. The molecule has 0 aliphatic rings. The Balaban J connectivity index is 2.48. The number of aryl methyl sites for hydroxylation is 2. The van der Waals surface area contributed by atoms with E-state index in [4.69, 9.17) is 23.2 Å². The van der Waals surface area contributed by atoms with Gasteiger partial charge in [0, 0.05) is 17.1 Å². The molecule has 0 unspecified atom stereocenters. The van der Waals surface area contributed by atoms with E-state index in [-0.39, 0.29) is 0 Å². The first-order chi connectivity index (χ1) is 9.50. The van der Waals surface area contributed by atoms with E-state index in [1.165, 1.54) is 6.33 Å². The Morgan fingerprint density at radius 2 is 1.95 bits per heavy atom. The molecule has 3 nitrogen and oxygen atoms in total. The van der Waals surface area contributed by atoms with Gasteiger partial charge < -0.3 is 4.57 Å². The predicted molar refractivity (Wildman–Crippen MR) is 86.4 cm³/mol. The lowest BCUT2D eigenvalue weighted by molar-refractivity contribution is 0.945. The number of fused-ring (bicyclic) bond motifs is 1. The molecule has 20 heavy (non-hydrogen) atoms. The van der Waals surface area contributed by atoms with Crippen LogP contribution in [0.2, 0.25) is 10.3 Å². The SMILES string of the molecule is Cc1ccc(Br)c(-c2c(Cl)n(C)c3ncnc(Cl)c23)c1. The molecule has 0 radical (unpaired) electrons. The van der Waals surface area contributed by atoms with Crippen LogP contribution in [0.5, 0.6) is 0 Å². The van der Waals surface area contributed by atoms with Gasteiger partial charge in [-0.25, -0.2) is 9.97 Å². The fourth-order valence-corrected chi connectivity index (χ4v) is 3.21. The van der Waals surface area contributed by atoms with Crippen LogP contribution >= 0.6 is 39.1 Å². The van der Waals surface area contributed by atoms with Crippen molar-refractivity contribution in [3.63, 3.8) is 0 Å². The van der Waals surface area contributed by atoms with Gasteiger partial charge in [0.15, 0.2) is 0 Å². The van der Waals surface area contributed by atoms with Crippen molar-refractivity contribution in [1.82, 2.24) is 14.5 Å². The summed E-state index contributed by atoms with van der Waals surface area (Å²) in [4.78, 5) is 8.34. The number of aromatic nitrogens is 3. The Morgan fingerprint density at radius 1 is 1.20 bits per heavy atom. The standard InChI is InChI=1S/C14H10BrCl2N3/c1-7-3-4-9(15)8(5-7)10-11-12(16)18-6-19-14(11)20(2)13(10)17/h3-6H,1-2H3. The molecular weight excluding hydrogens is 361 g/mol. The maximum Gasteiger partial charge on any atom is 0.146 e. The maximum atomic E-state index is 6.48. The number of hydrogen-bond donors (Lipinski definition) is 0. The monoisotopic (exact) mass is 369 g/mol. The third kappa shape index (κ3) is 2.03. The summed E-state index contributed by atoms with van der Waals surface area (Å²) in [5.74, 6) is 0. The van der Waals surface area contributed by atoms with Crippen molar-refractivity contribution in [3.8, 4) is 11.1 Å². The fraction of sp³-hybridized carbons (Fsp3) is 0.143. The summed E-state index contributed by atoms with van der Waals surface area (Å²) in [6.45, 7) is 2.03. The number of hydrogen-bond acceptors (Lipinski definition) is 2. The average molecular weight is 371 g/mol. The molecule has 0 spiro atoms. The largest absolute Gasteiger partial charge is 0.319 e. The minimum Gasteiger partial charge on any atom is -0.319 e. The highest BCUT2D eigenvalue weighted by molar-refractivity contribution is 9.10. The lowest BCUT2D eigenvalue weighted by atomic mass is 10.0. The summed E-state index contributed by atoms with van der Waals surface area (Å²) in [5, 5.41) is 1.77. The summed E-state index contributed by atoms with van der Waals surface area (Å²) >= 11 is 16.3. The molecular formula is C14H10BrCl2N3. The second kappa shape index (κ2) is 5.02. The van der Waals surface area contributed by atoms with Gasteiger partial charge in [-0.3, -0.25) is 0 Å². The van der Waals surface area contributed by atoms with Gasteiger partial charge in [0.05, 0.1) is 5.39 Å². The summed E-state index contributed by atoms with van der Waals surface area (Å²) in [7, 11) is 1.86. The van der Waals surface area contributed by atoms with Crippen molar-refractivity contribution in [2.75, 3.05) is 0 Å². The van der Waals surface area contributed by atoms with Gasteiger partial charge in [0.2, 0.25) is 0 Å². The van der Waals surface area contributed by atoms with Crippen LogP contribution in [-0.4, -0.2) is 14.5 Å². The maximum absolute atomic E-state index is 6.48. The highest BCUT2D eigenvalue weighted by Crippen LogP contribution is 2.42. The summed E-state index contributed by atoms with van der Waals surface area (Å²) in [6.07, 6.45) is 1.44. The Hall–Kier alpha value is -1.10. The molecule has 6 heteroatoms. The molecule has 0 aliphatic carbocycles. The molecule has 102 valence electrons. The van der Waals surface area contributed by atoms with Crippen molar-refractivity contribution < 1.29 is 0 Å². The van der Waals surface area contributed by atoms with Gasteiger partial charge in [-0.05, 0) is 18.6 Å². The molecule has 0 saturated heterocycles. The number of rotatable bonds is 1. The van der Waals surface area contributed by atoms with E-state index < -0.39 is 0 Å². The van der Waals surface area contributed by atoms with Gasteiger partial charge in [-0.2, -0.15) is 0 Å². The number of halogens is 3. The highest BCUT2D eigenvalue weighted by atomic mass is 79.9. The Labute approximate surface area is 134 Å². The fourth-order valence-electron chi connectivity index (χ4n) is 2.27. The zero-order valence-electron chi connectivity index (χ0n) is 10.8. The number of nitrogens with zero attached hydrogens (tertiary/aromatic N) is 3. The van der Waals surface area contributed by atoms with E-state index in [1.54, 1.807) is 0 Å². The minimum atomic E-state index is 0.404. The smallest absolute Gasteiger partial charge is 0.146 e. The molecule has 0 aliphatic heterocycles. The Morgan fingerprint density at radius 3 is 2.70 bits per heavy atom. The van der Waals surface area contributed by atoms with Crippen molar-refractivity contribution in [2.24, 2.45) is 7.05 Å². The first-order valence-corrected chi connectivity index (χ1v) is 7.46. The third-order valence-electron chi connectivity index (χ3n) is 3.24. The molecule has 2 aromatic heterocycles. The molecule has 3 rings (SSSR count). The van der Waals surface area contributed by atoms with Crippen molar-refractivity contribution in [1.29, 1.82) is 0 Å². The van der Waals surface area contributed by atoms with Gasteiger partial charge in [0.25, 0.3) is 0 Å². The third-order valence-corrected chi connectivity index (χ3v) is 4.66. The van der Waals surface area contributed by atoms with Crippen LogP contribution in [0, 0.1) is 6.92 Å². The summed E-state index contributed by atoms with van der Waals surface area (Å²) in [6, 6.07) is 6.09.